The van der Waals surface area contributed by atoms with Crippen LogP contribution in [0.15, 0.2) is 6.07 Å². The summed E-state index contributed by atoms with van der Waals surface area (Å²) in [6.07, 6.45) is -2.79. The van der Waals surface area contributed by atoms with E-state index in [1.165, 1.54) is 29.7 Å². The predicted molar refractivity (Wildman–Crippen MR) is 48.4 cm³/mol. The van der Waals surface area contributed by atoms with Crippen LogP contribution in [0.4, 0.5) is 13.2 Å². The van der Waals surface area contributed by atoms with Gasteiger partial charge in [0.1, 0.15) is 11.5 Å². The van der Waals surface area contributed by atoms with E-state index in [-0.39, 0.29) is 9.45 Å². The largest absolute Gasteiger partial charge is 0.481 e. The van der Waals surface area contributed by atoms with E-state index in [2.05, 4.69) is 9.72 Å². The fraction of sp³-hybridized carbons (Fsp3) is 0.286. The number of rotatable bonds is 2. The molecule has 0 saturated heterocycles. The highest BCUT2D eigenvalue weighted by atomic mass is 127. The summed E-state index contributed by atoms with van der Waals surface area (Å²) in [6.45, 7) is 0. The van der Waals surface area contributed by atoms with Gasteiger partial charge < -0.3 is 4.74 Å². The van der Waals surface area contributed by atoms with E-state index >= 15 is 0 Å². The van der Waals surface area contributed by atoms with Crippen LogP contribution in [0.1, 0.15) is 12.1 Å². The third-order valence-electron chi connectivity index (χ3n) is 1.33. The molecule has 0 amide bonds. The van der Waals surface area contributed by atoms with Crippen LogP contribution in [0.2, 0.25) is 0 Å². The van der Waals surface area contributed by atoms with Gasteiger partial charge in [-0.05, 0) is 22.6 Å². The van der Waals surface area contributed by atoms with E-state index in [1.54, 1.807) is 0 Å². The Bertz CT molecular complexity index is 319. The lowest BCUT2D eigenvalue weighted by molar-refractivity contribution is 0.143. The monoisotopic (exact) mass is 303 g/mol. The first-order valence-electron chi connectivity index (χ1n) is 3.24. The van der Waals surface area contributed by atoms with Crippen molar-refractivity contribution in [3.05, 3.63) is 21.1 Å². The van der Waals surface area contributed by atoms with Gasteiger partial charge in [-0.3, -0.25) is 0 Å². The lowest BCUT2D eigenvalue weighted by Gasteiger charge is -2.05. The molecular formula is C7H5F3INO. The van der Waals surface area contributed by atoms with E-state index in [0.717, 1.165) is 6.07 Å². The molecular weight excluding hydrogens is 298 g/mol. The average molecular weight is 303 g/mol. The van der Waals surface area contributed by atoms with Crippen LogP contribution in [-0.2, 0) is 0 Å². The van der Waals surface area contributed by atoms with Crippen LogP contribution in [0.3, 0.4) is 0 Å². The Labute approximate surface area is 86.3 Å². The Morgan fingerprint density at radius 2 is 2.15 bits per heavy atom. The molecule has 13 heavy (non-hydrogen) atoms. The normalized spacial score (nSPS) is 10.6. The van der Waals surface area contributed by atoms with Crippen molar-refractivity contribution in [2.24, 2.45) is 0 Å². The van der Waals surface area contributed by atoms with Crippen LogP contribution < -0.4 is 4.74 Å². The average Bonchev–Trinajstić information content (AvgIpc) is 2.09. The molecule has 0 aliphatic carbocycles. The van der Waals surface area contributed by atoms with Crippen molar-refractivity contribution >= 4 is 22.6 Å². The molecule has 0 bridgehead atoms. The molecule has 0 N–H and O–H groups in total. The molecule has 0 spiro atoms. The Hall–Kier alpha value is -0.530. The standard InChI is InChI=1S/C7H5F3INO/c1-13-4-2-3(8)5(11)6(12-4)7(9)10/h2,7H,1H3. The van der Waals surface area contributed by atoms with Gasteiger partial charge in [-0.25, -0.2) is 18.2 Å². The fourth-order valence-corrected chi connectivity index (χ4v) is 1.26. The van der Waals surface area contributed by atoms with Crippen molar-refractivity contribution in [2.45, 2.75) is 6.43 Å². The van der Waals surface area contributed by atoms with Gasteiger partial charge in [0.05, 0.1) is 10.7 Å². The summed E-state index contributed by atoms with van der Waals surface area (Å²) in [7, 11) is 1.24. The Kier molecular flexibility index (Phi) is 3.34. The number of methoxy groups -OCH3 is 1. The maximum atomic E-state index is 12.9. The quantitative estimate of drug-likeness (QED) is 0.784. The Morgan fingerprint density at radius 1 is 1.54 bits per heavy atom. The number of ether oxygens (including phenoxy) is 1. The zero-order valence-corrected chi connectivity index (χ0v) is 8.68. The Balaban J connectivity index is 3.25. The third kappa shape index (κ3) is 2.23. The summed E-state index contributed by atoms with van der Waals surface area (Å²) in [5.41, 5.74) is -0.586. The number of nitrogens with zero attached hydrogens (tertiary/aromatic N) is 1. The van der Waals surface area contributed by atoms with E-state index in [9.17, 15) is 13.2 Å². The van der Waals surface area contributed by atoms with Crippen LogP contribution >= 0.6 is 22.6 Å². The highest BCUT2D eigenvalue weighted by molar-refractivity contribution is 14.1. The minimum absolute atomic E-state index is 0.145. The van der Waals surface area contributed by atoms with Gasteiger partial charge in [0.2, 0.25) is 5.88 Å². The molecule has 0 radical (unpaired) electrons. The summed E-state index contributed by atoms with van der Waals surface area (Å²) in [4.78, 5) is 3.43. The molecule has 0 aromatic carbocycles. The van der Waals surface area contributed by atoms with E-state index in [1.807, 2.05) is 0 Å². The maximum absolute atomic E-state index is 12.9. The predicted octanol–water partition coefficient (Wildman–Crippen LogP) is 2.77. The molecule has 0 aliphatic heterocycles. The second kappa shape index (κ2) is 4.12. The van der Waals surface area contributed by atoms with Gasteiger partial charge in [-0.2, -0.15) is 0 Å². The van der Waals surface area contributed by atoms with Gasteiger partial charge in [-0.15, -0.1) is 0 Å². The van der Waals surface area contributed by atoms with Crippen molar-refractivity contribution in [3.63, 3.8) is 0 Å². The molecule has 72 valence electrons. The molecule has 2 nitrogen and oxygen atoms in total. The van der Waals surface area contributed by atoms with Crippen molar-refractivity contribution < 1.29 is 17.9 Å². The molecule has 6 heteroatoms. The van der Waals surface area contributed by atoms with Crippen LogP contribution in [0, 0.1) is 9.39 Å². The number of pyridine rings is 1. The lowest BCUT2D eigenvalue weighted by Crippen LogP contribution is -2.00. The molecule has 0 saturated carbocycles. The van der Waals surface area contributed by atoms with Crippen molar-refractivity contribution in [2.75, 3.05) is 7.11 Å². The first kappa shape index (κ1) is 10.6. The van der Waals surface area contributed by atoms with E-state index < -0.39 is 17.9 Å². The third-order valence-corrected chi connectivity index (χ3v) is 2.40. The number of hydrogen-bond acceptors (Lipinski definition) is 2. The van der Waals surface area contributed by atoms with E-state index in [0.29, 0.717) is 0 Å². The highest BCUT2D eigenvalue weighted by Gasteiger charge is 2.18. The number of halogens is 4. The minimum atomic E-state index is -2.79. The van der Waals surface area contributed by atoms with E-state index in [4.69, 9.17) is 0 Å². The summed E-state index contributed by atoms with van der Waals surface area (Å²) >= 11 is 1.48. The summed E-state index contributed by atoms with van der Waals surface area (Å²) in [5, 5.41) is 0. The van der Waals surface area contributed by atoms with Gasteiger partial charge in [0, 0.05) is 6.07 Å². The molecule has 1 rings (SSSR count). The van der Waals surface area contributed by atoms with Gasteiger partial charge >= 0.3 is 0 Å². The lowest BCUT2D eigenvalue weighted by atomic mass is 10.3. The number of aromatic nitrogens is 1. The summed E-state index contributed by atoms with van der Waals surface area (Å²) < 4.78 is 41.8. The minimum Gasteiger partial charge on any atom is -0.481 e. The molecule has 0 atom stereocenters. The van der Waals surface area contributed by atoms with Crippen molar-refractivity contribution in [1.29, 1.82) is 0 Å². The number of alkyl halides is 2. The zero-order valence-electron chi connectivity index (χ0n) is 6.52. The molecule has 1 aromatic heterocycles. The molecule has 1 aromatic rings. The topological polar surface area (TPSA) is 22.1 Å². The smallest absolute Gasteiger partial charge is 0.281 e. The highest BCUT2D eigenvalue weighted by Crippen LogP contribution is 2.26. The summed E-state index contributed by atoms with van der Waals surface area (Å²) in [6, 6.07) is 0.966. The maximum Gasteiger partial charge on any atom is 0.281 e. The van der Waals surface area contributed by atoms with Gasteiger partial charge in [-0.1, -0.05) is 0 Å². The molecule has 0 aliphatic rings. The second-order valence-corrected chi connectivity index (χ2v) is 3.23. The fourth-order valence-electron chi connectivity index (χ4n) is 0.743. The first-order chi connectivity index (χ1) is 6.06. The van der Waals surface area contributed by atoms with Gasteiger partial charge in [0.25, 0.3) is 6.43 Å². The van der Waals surface area contributed by atoms with Gasteiger partial charge in [0.15, 0.2) is 0 Å². The van der Waals surface area contributed by atoms with Crippen molar-refractivity contribution in [1.82, 2.24) is 4.98 Å². The second-order valence-electron chi connectivity index (χ2n) is 2.15. The number of hydrogen-bond donors (Lipinski definition) is 0. The molecule has 0 fully saturated rings. The van der Waals surface area contributed by atoms with Crippen LogP contribution in [0.25, 0.3) is 0 Å². The van der Waals surface area contributed by atoms with Crippen LogP contribution in [-0.4, -0.2) is 12.1 Å². The first-order valence-corrected chi connectivity index (χ1v) is 4.32. The van der Waals surface area contributed by atoms with Crippen LogP contribution in [0.5, 0.6) is 5.88 Å². The van der Waals surface area contributed by atoms with Crippen molar-refractivity contribution in [3.8, 4) is 5.88 Å². The summed E-state index contributed by atoms with van der Waals surface area (Å²) in [5.74, 6) is -0.893. The SMILES string of the molecule is COc1cc(F)c(I)c(C(F)F)n1. The molecule has 0 unspecified atom stereocenters. The molecule has 1 heterocycles. The Morgan fingerprint density at radius 3 is 2.62 bits per heavy atom. The zero-order chi connectivity index (χ0) is 10.0.